The largest absolute Gasteiger partial charge is 0.404 e. The van der Waals surface area contributed by atoms with Crippen molar-refractivity contribution < 1.29 is 9.59 Å². The van der Waals surface area contributed by atoms with Gasteiger partial charge in [0.1, 0.15) is 5.69 Å². The highest BCUT2D eigenvalue weighted by Crippen LogP contribution is 2.31. The van der Waals surface area contributed by atoms with Gasteiger partial charge in [-0.2, -0.15) is 0 Å². The Hall–Kier alpha value is -3.49. The van der Waals surface area contributed by atoms with Crippen molar-refractivity contribution in [2.45, 2.75) is 20.3 Å². The number of hydrogen-bond acceptors (Lipinski definition) is 7. The normalized spacial score (nSPS) is 16.7. The third-order valence-corrected chi connectivity index (χ3v) is 4.46. The van der Waals surface area contributed by atoms with E-state index in [1.54, 1.807) is 19.2 Å². The van der Waals surface area contributed by atoms with Gasteiger partial charge in [0.25, 0.3) is 5.91 Å². The summed E-state index contributed by atoms with van der Waals surface area (Å²) in [5.41, 5.74) is 5.95. The van der Waals surface area contributed by atoms with E-state index in [0.29, 0.717) is 24.2 Å². The van der Waals surface area contributed by atoms with E-state index in [1.807, 2.05) is 13.8 Å². The fraction of sp³-hybridized carbons (Fsp3) is 0.316. The molecule has 9 nitrogen and oxygen atoms in total. The zero-order valence-electron chi connectivity index (χ0n) is 16.2. The molecule has 0 unspecified atom stereocenters. The van der Waals surface area contributed by atoms with E-state index in [-0.39, 0.29) is 23.1 Å². The van der Waals surface area contributed by atoms with Gasteiger partial charge in [-0.05, 0) is 18.6 Å². The first kappa shape index (κ1) is 20.8. The van der Waals surface area contributed by atoms with Crippen LogP contribution >= 0.6 is 0 Å². The summed E-state index contributed by atoms with van der Waals surface area (Å²) in [5, 5.41) is 21.1. The first-order valence-electron chi connectivity index (χ1n) is 8.74. The van der Waals surface area contributed by atoms with Gasteiger partial charge in [-0.15, -0.1) is 0 Å². The van der Waals surface area contributed by atoms with Crippen molar-refractivity contribution >= 4 is 29.4 Å². The highest BCUT2D eigenvalue weighted by molar-refractivity contribution is 6.11. The standard InChI is InChI=1S/C19H25N7O2/c1-19(2)7-8-26(18(19)28)16(22)15(11-23-3)25-17(27)14-6-4-5-13(24-14)12(9-20)10-21/h4-6,9-11,20,22-23H,7-8,21H2,1-3H3,(H,25,27)/b12-10+,15-11+,20-9?,22-16?. The van der Waals surface area contributed by atoms with Crippen LogP contribution in [0, 0.1) is 16.2 Å². The molecule has 0 aromatic carbocycles. The van der Waals surface area contributed by atoms with Crippen LogP contribution in [-0.4, -0.2) is 47.3 Å². The summed E-state index contributed by atoms with van der Waals surface area (Å²) in [7, 11) is 1.64. The highest BCUT2D eigenvalue weighted by Gasteiger charge is 2.41. The summed E-state index contributed by atoms with van der Waals surface area (Å²) in [5.74, 6) is -0.783. The molecule has 1 saturated heterocycles. The van der Waals surface area contributed by atoms with Gasteiger partial charge >= 0.3 is 0 Å². The Morgan fingerprint density at radius 2 is 2.04 bits per heavy atom. The van der Waals surface area contributed by atoms with Crippen LogP contribution in [0.25, 0.3) is 5.57 Å². The van der Waals surface area contributed by atoms with Gasteiger partial charge < -0.3 is 21.8 Å². The lowest BCUT2D eigenvalue weighted by molar-refractivity contribution is -0.131. The Labute approximate surface area is 163 Å². The molecule has 6 N–H and O–H groups in total. The second kappa shape index (κ2) is 8.47. The first-order valence-corrected chi connectivity index (χ1v) is 8.74. The van der Waals surface area contributed by atoms with Gasteiger partial charge in [0, 0.05) is 43.2 Å². The second-order valence-electron chi connectivity index (χ2n) is 6.91. The molecule has 9 heteroatoms. The molecule has 2 amide bonds. The molecule has 148 valence electrons. The summed E-state index contributed by atoms with van der Waals surface area (Å²) in [6.45, 7) is 4.09. The molecule has 0 aliphatic carbocycles. The molecule has 1 fully saturated rings. The average molecular weight is 383 g/mol. The molecule has 1 aliphatic heterocycles. The van der Waals surface area contributed by atoms with Crippen LogP contribution < -0.4 is 16.4 Å². The number of hydrogen-bond donors (Lipinski definition) is 5. The van der Waals surface area contributed by atoms with Gasteiger partial charge in [0.2, 0.25) is 5.91 Å². The number of carbonyl (C=O) groups is 2. The van der Waals surface area contributed by atoms with Gasteiger partial charge in [-0.1, -0.05) is 19.9 Å². The van der Waals surface area contributed by atoms with Crippen molar-refractivity contribution in [3.8, 4) is 0 Å². The quantitative estimate of drug-likeness (QED) is 0.368. The number of nitrogens with one attached hydrogen (secondary N) is 4. The van der Waals surface area contributed by atoms with E-state index >= 15 is 0 Å². The number of nitrogens with zero attached hydrogens (tertiary/aromatic N) is 2. The van der Waals surface area contributed by atoms with E-state index in [1.165, 1.54) is 23.4 Å². The van der Waals surface area contributed by atoms with Crippen LogP contribution in [0.5, 0.6) is 0 Å². The van der Waals surface area contributed by atoms with E-state index in [2.05, 4.69) is 15.6 Å². The fourth-order valence-electron chi connectivity index (χ4n) is 2.75. The topological polar surface area (TPSA) is 148 Å². The minimum Gasteiger partial charge on any atom is -0.404 e. The fourth-order valence-corrected chi connectivity index (χ4v) is 2.75. The van der Waals surface area contributed by atoms with Crippen molar-refractivity contribution in [1.82, 2.24) is 20.5 Å². The van der Waals surface area contributed by atoms with Crippen LogP contribution in [0.2, 0.25) is 0 Å². The summed E-state index contributed by atoms with van der Waals surface area (Å²) >= 11 is 0. The Morgan fingerprint density at radius 3 is 2.57 bits per heavy atom. The molecule has 28 heavy (non-hydrogen) atoms. The highest BCUT2D eigenvalue weighted by atomic mass is 16.2. The molecule has 0 saturated carbocycles. The number of rotatable bonds is 6. The number of amidine groups is 1. The lowest BCUT2D eigenvalue weighted by Crippen LogP contribution is -2.41. The number of pyridine rings is 1. The zero-order valence-corrected chi connectivity index (χ0v) is 16.2. The number of aromatic nitrogens is 1. The van der Waals surface area contributed by atoms with Crippen LogP contribution in [-0.2, 0) is 4.79 Å². The minimum atomic E-state index is -0.541. The van der Waals surface area contributed by atoms with Gasteiger partial charge in [0.05, 0.1) is 11.4 Å². The van der Waals surface area contributed by atoms with Crippen LogP contribution in [0.3, 0.4) is 0 Å². The third kappa shape index (κ3) is 4.25. The molecule has 1 aromatic heterocycles. The Bertz CT molecular complexity index is 871. The van der Waals surface area contributed by atoms with Gasteiger partial charge in [0.15, 0.2) is 5.84 Å². The molecule has 2 heterocycles. The van der Waals surface area contributed by atoms with Crippen molar-refractivity contribution in [3.05, 3.63) is 47.7 Å². The van der Waals surface area contributed by atoms with Crippen LogP contribution in [0.15, 0.2) is 36.3 Å². The van der Waals surface area contributed by atoms with E-state index in [0.717, 1.165) is 6.21 Å². The Kier molecular flexibility index (Phi) is 6.29. The molecule has 0 atom stereocenters. The molecule has 1 aromatic rings. The van der Waals surface area contributed by atoms with Crippen molar-refractivity contribution in [2.75, 3.05) is 13.6 Å². The molecule has 0 radical (unpaired) electrons. The monoisotopic (exact) mass is 383 g/mol. The number of likely N-dealkylation sites (tertiary alicyclic amines) is 1. The Morgan fingerprint density at radius 1 is 1.36 bits per heavy atom. The van der Waals surface area contributed by atoms with E-state index < -0.39 is 11.3 Å². The summed E-state index contributed by atoms with van der Waals surface area (Å²) in [6, 6.07) is 4.78. The summed E-state index contributed by atoms with van der Waals surface area (Å²) in [6.07, 6.45) is 4.37. The predicted octanol–water partition coefficient (Wildman–Crippen LogP) is 1.06. The van der Waals surface area contributed by atoms with E-state index in [4.69, 9.17) is 16.6 Å². The second-order valence-corrected chi connectivity index (χ2v) is 6.91. The van der Waals surface area contributed by atoms with Crippen LogP contribution in [0.4, 0.5) is 0 Å². The number of carbonyl (C=O) groups excluding carboxylic acids is 2. The van der Waals surface area contributed by atoms with Crippen molar-refractivity contribution in [2.24, 2.45) is 11.1 Å². The maximum absolute atomic E-state index is 12.7. The third-order valence-electron chi connectivity index (χ3n) is 4.46. The Balaban J connectivity index is 2.24. The van der Waals surface area contributed by atoms with Crippen molar-refractivity contribution in [3.63, 3.8) is 0 Å². The smallest absolute Gasteiger partial charge is 0.274 e. The average Bonchev–Trinajstić information content (AvgIpc) is 2.95. The number of allylic oxidation sites excluding steroid dienone is 1. The summed E-state index contributed by atoms with van der Waals surface area (Å²) < 4.78 is 0. The SMILES string of the molecule is CN/C=C(/NC(=O)c1cccc(/C(C=N)=C/N)n1)C(=N)N1CCC(C)(C)C1=O. The molecule has 0 bridgehead atoms. The minimum absolute atomic E-state index is 0.0866. The molecule has 1 aliphatic rings. The molecular weight excluding hydrogens is 358 g/mol. The number of amides is 2. The predicted molar refractivity (Wildman–Crippen MR) is 108 cm³/mol. The van der Waals surface area contributed by atoms with Gasteiger partial charge in [-0.25, -0.2) is 4.98 Å². The summed E-state index contributed by atoms with van der Waals surface area (Å²) in [4.78, 5) is 30.7. The lowest BCUT2D eigenvalue weighted by Gasteiger charge is -2.22. The molecule has 0 spiro atoms. The zero-order chi connectivity index (χ0) is 20.9. The maximum atomic E-state index is 12.7. The lowest BCUT2D eigenvalue weighted by atomic mass is 9.92. The molecular formula is C19H25N7O2. The van der Waals surface area contributed by atoms with Crippen molar-refractivity contribution in [1.29, 1.82) is 10.8 Å². The van der Waals surface area contributed by atoms with E-state index in [9.17, 15) is 9.59 Å². The maximum Gasteiger partial charge on any atom is 0.274 e. The number of nitrogens with two attached hydrogens (primary N) is 1. The molecule has 2 rings (SSSR count). The first-order chi connectivity index (χ1) is 13.2. The van der Waals surface area contributed by atoms with Gasteiger partial charge in [-0.3, -0.25) is 19.9 Å². The van der Waals surface area contributed by atoms with Crippen LogP contribution in [0.1, 0.15) is 36.5 Å².